The summed E-state index contributed by atoms with van der Waals surface area (Å²) in [6, 6.07) is 0. The van der Waals surface area contributed by atoms with Crippen LogP contribution in [0.2, 0.25) is 0 Å². The Balaban J connectivity index is 2.11. The van der Waals surface area contributed by atoms with E-state index in [9.17, 15) is 0 Å². The summed E-state index contributed by atoms with van der Waals surface area (Å²) in [5, 5.41) is 8.69. The molecule has 0 aromatic rings. The van der Waals surface area contributed by atoms with Crippen molar-refractivity contribution in [2.75, 3.05) is 6.61 Å². The summed E-state index contributed by atoms with van der Waals surface area (Å²) in [5.41, 5.74) is 0. The summed E-state index contributed by atoms with van der Waals surface area (Å²) in [5.74, 6) is 0.356. The Bertz CT molecular complexity index is 122. The summed E-state index contributed by atoms with van der Waals surface area (Å²) in [4.78, 5) is 0. The van der Waals surface area contributed by atoms with Gasteiger partial charge in [-0.1, -0.05) is 13.0 Å². The average molecular weight is 142 g/mol. The molecule has 58 valence electrons. The summed E-state index contributed by atoms with van der Waals surface area (Å²) < 4.78 is 5.21. The second-order valence-electron chi connectivity index (χ2n) is 2.90. The van der Waals surface area contributed by atoms with E-state index in [0.29, 0.717) is 12.0 Å². The molecule has 1 aliphatic rings. The van der Waals surface area contributed by atoms with E-state index in [2.05, 4.69) is 6.58 Å². The van der Waals surface area contributed by atoms with E-state index < -0.39 is 0 Å². The van der Waals surface area contributed by atoms with Crippen LogP contribution in [0.3, 0.4) is 0 Å². The predicted octanol–water partition coefficient (Wildman–Crippen LogP) is 0.958. The number of ether oxygens (including phenoxy) is 1. The van der Waals surface area contributed by atoms with E-state index >= 15 is 0 Å². The zero-order valence-electron chi connectivity index (χ0n) is 6.29. The lowest BCUT2D eigenvalue weighted by Crippen LogP contribution is -2.05. The summed E-state index contributed by atoms with van der Waals surface area (Å²) in [6.45, 7) is 5.89. The van der Waals surface area contributed by atoms with Crippen LogP contribution in [0.15, 0.2) is 12.7 Å². The molecule has 0 amide bonds. The third-order valence-electron chi connectivity index (χ3n) is 1.80. The fourth-order valence-corrected chi connectivity index (χ4v) is 1.02. The van der Waals surface area contributed by atoms with Crippen molar-refractivity contribution in [1.29, 1.82) is 0 Å². The fourth-order valence-electron chi connectivity index (χ4n) is 1.02. The number of aliphatic hydroxyl groups excluding tert-OH is 1. The van der Waals surface area contributed by atoms with Crippen LogP contribution in [0.4, 0.5) is 0 Å². The molecule has 3 atom stereocenters. The quantitative estimate of drug-likeness (QED) is 0.468. The fraction of sp³-hybridized carbons (Fsp3) is 0.750. The first kappa shape index (κ1) is 7.76. The van der Waals surface area contributed by atoms with E-state index in [1.54, 1.807) is 0 Å². The molecule has 1 saturated heterocycles. The Labute approximate surface area is 61.5 Å². The standard InChI is InChI=1S/C8H14O2/c1-3-7-8(10-7)4-6(2)5-9/h3,6-9H,1,4-5H2,2H3. The van der Waals surface area contributed by atoms with Gasteiger partial charge >= 0.3 is 0 Å². The van der Waals surface area contributed by atoms with Crippen molar-refractivity contribution in [3.05, 3.63) is 12.7 Å². The van der Waals surface area contributed by atoms with Gasteiger partial charge in [0.25, 0.3) is 0 Å². The molecule has 1 N–H and O–H groups in total. The minimum absolute atomic E-state index is 0.254. The zero-order valence-corrected chi connectivity index (χ0v) is 6.29. The number of rotatable bonds is 4. The van der Waals surface area contributed by atoms with Crippen LogP contribution in [0, 0.1) is 5.92 Å². The Morgan fingerprint density at radius 2 is 2.50 bits per heavy atom. The topological polar surface area (TPSA) is 32.8 Å². The molecule has 2 nitrogen and oxygen atoms in total. The molecule has 0 aromatic heterocycles. The maximum absolute atomic E-state index is 8.69. The van der Waals surface area contributed by atoms with E-state index in [0.717, 1.165) is 6.42 Å². The molecule has 0 aliphatic carbocycles. The lowest BCUT2D eigenvalue weighted by Gasteiger charge is -2.02. The molecular formula is C8H14O2. The molecule has 1 fully saturated rings. The van der Waals surface area contributed by atoms with Gasteiger partial charge in [0.05, 0.1) is 6.10 Å². The molecular weight excluding hydrogens is 128 g/mol. The van der Waals surface area contributed by atoms with Gasteiger partial charge in [0.1, 0.15) is 6.10 Å². The van der Waals surface area contributed by atoms with Crippen molar-refractivity contribution >= 4 is 0 Å². The van der Waals surface area contributed by atoms with Crippen LogP contribution in [-0.2, 0) is 4.74 Å². The number of aliphatic hydroxyl groups is 1. The zero-order chi connectivity index (χ0) is 7.56. The van der Waals surface area contributed by atoms with Crippen LogP contribution in [-0.4, -0.2) is 23.9 Å². The average Bonchev–Trinajstić information content (AvgIpc) is 2.67. The SMILES string of the molecule is C=CC1OC1CC(C)CO. The van der Waals surface area contributed by atoms with Crippen molar-refractivity contribution in [2.45, 2.75) is 25.6 Å². The molecule has 0 saturated carbocycles. The lowest BCUT2D eigenvalue weighted by atomic mass is 10.1. The highest BCUT2D eigenvalue weighted by atomic mass is 16.6. The van der Waals surface area contributed by atoms with Gasteiger partial charge < -0.3 is 9.84 Å². The molecule has 1 heterocycles. The van der Waals surface area contributed by atoms with E-state index in [1.807, 2.05) is 13.0 Å². The van der Waals surface area contributed by atoms with Gasteiger partial charge in [-0.25, -0.2) is 0 Å². The second kappa shape index (κ2) is 3.17. The maximum Gasteiger partial charge on any atom is 0.102 e. The molecule has 2 heteroatoms. The first-order chi connectivity index (χ1) is 4.77. The minimum Gasteiger partial charge on any atom is -0.396 e. The van der Waals surface area contributed by atoms with Crippen molar-refractivity contribution in [2.24, 2.45) is 5.92 Å². The van der Waals surface area contributed by atoms with E-state index in [1.165, 1.54) is 0 Å². The van der Waals surface area contributed by atoms with Crippen LogP contribution in [0.1, 0.15) is 13.3 Å². The van der Waals surface area contributed by atoms with E-state index in [4.69, 9.17) is 9.84 Å². The third-order valence-corrected chi connectivity index (χ3v) is 1.80. The van der Waals surface area contributed by atoms with Gasteiger partial charge in [0.2, 0.25) is 0 Å². The normalized spacial score (nSPS) is 33.4. The van der Waals surface area contributed by atoms with Crippen LogP contribution in [0.5, 0.6) is 0 Å². The Kier molecular flexibility index (Phi) is 2.46. The molecule has 1 aliphatic heterocycles. The van der Waals surface area contributed by atoms with Gasteiger partial charge in [0.15, 0.2) is 0 Å². The minimum atomic E-state index is 0.254. The number of epoxide rings is 1. The smallest absolute Gasteiger partial charge is 0.102 e. The van der Waals surface area contributed by atoms with Crippen molar-refractivity contribution in [3.8, 4) is 0 Å². The summed E-state index contributed by atoms with van der Waals surface area (Å²) >= 11 is 0. The van der Waals surface area contributed by atoms with Gasteiger partial charge in [-0.05, 0) is 12.3 Å². The van der Waals surface area contributed by atoms with Crippen LogP contribution >= 0.6 is 0 Å². The van der Waals surface area contributed by atoms with Crippen molar-refractivity contribution in [1.82, 2.24) is 0 Å². The second-order valence-corrected chi connectivity index (χ2v) is 2.90. The lowest BCUT2D eigenvalue weighted by molar-refractivity contribution is 0.218. The van der Waals surface area contributed by atoms with Gasteiger partial charge in [-0.15, -0.1) is 6.58 Å². The molecule has 1 rings (SSSR count). The first-order valence-electron chi connectivity index (χ1n) is 3.66. The molecule has 0 radical (unpaired) electrons. The van der Waals surface area contributed by atoms with Gasteiger partial charge in [-0.3, -0.25) is 0 Å². The van der Waals surface area contributed by atoms with Crippen LogP contribution in [0.25, 0.3) is 0 Å². The molecule has 0 aromatic carbocycles. The third kappa shape index (κ3) is 1.82. The Morgan fingerprint density at radius 1 is 1.80 bits per heavy atom. The summed E-state index contributed by atoms with van der Waals surface area (Å²) in [7, 11) is 0. The maximum atomic E-state index is 8.69. The number of hydrogen-bond acceptors (Lipinski definition) is 2. The first-order valence-corrected chi connectivity index (χ1v) is 3.66. The van der Waals surface area contributed by atoms with Crippen molar-refractivity contribution in [3.63, 3.8) is 0 Å². The Morgan fingerprint density at radius 3 is 2.90 bits per heavy atom. The predicted molar refractivity (Wildman–Crippen MR) is 39.7 cm³/mol. The van der Waals surface area contributed by atoms with Gasteiger partial charge in [0, 0.05) is 6.61 Å². The highest BCUT2D eigenvalue weighted by molar-refractivity contribution is 4.98. The molecule has 10 heavy (non-hydrogen) atoms. The summed E-state index contributed by atoms with van der Waals surface area (Å²) in [6.07, 6.45) is 3.36. The van der Waals surface area contributed by atoms with E-state index in [-0.39, 0.29) is 12.7 Å². The van der Waals surface area contributed by atoms with Gasteiger partial charge in [-0.2, -0.15) is 0 Å². The highest BCUT2D eigenvalue weighted by Gasteiger charge is 2.36. The monoisotopic (exact) mass is 142 g/mol. The Hall–Kier alpha value is -0.340. The highest BCUT2D eigenvalue weighted by Crippen LogP contribution is 2.28. The van der Waals surface area contributed by atoms with Crippen molar-refractivity contribution < 1.29 is 9.84 Å². The molecule has 0 bridgehead atoms. The number of hydrogen-bond donors (Lipinski definition) is 1. The van der Waals surface area contributed by atoms with Crippen LogP contribution < -0.4 is 0 Å². The largest absolute Gasteiger partial charge is 0.396 e. The molecule has 0 spiro atoms. The molecule has 3 unspecified atom stereocenters.